The molecule has 2 fully saturated rings. The Morgan fingerprint density at radius 3 is 2.45 bits per heavy atom. The van der Waals surface area contributed by atoms with Gasteiger partial charge in [-0.3, -0.25) is 25.0 Å². The van der Waals surface area contributed by atoms with Crippen molar-refractivity contribution in [2.45, 2.75) is 50.7 Å². The van der Waals surface area contributed by atoms with E-state index in [1.54, 1.807) is 12.0 Å². The topological polar surface area (TPSA) is 125 Å². The Labute approximate surface area is 190 Å². The van der Waals surface area contributed by atoms with Crippen LogP contribution in [0.5, 0.6) is 11.5 Å². The molecular weight excluding hydrogens is 430 g/mol. The third-order valence-corrected chi connectivity index (χ3v) is 6.31. The van der Waals surface area contributed by atoms with Crippen molar-refractivity contribution >= 4 is 17.3 Å². The van der Waals surface area contributed by atoms with E-state index in [1.807, 2.05) is 18.2 Å². The maximum absolute atomic E-state index is 12.7. The lowest BCUT2D eigenvalue weighted by Gasteiger charge is -2.19. The van der Waals surface area contributed by atoms with Crippen molar-refractivity contribution in [3.05, 3.63) is 67.8 Å². The van der Waals surface area contributed by atoms with Crippen molar-refractivity contribution in [3.8, 4) is 11.5 Å². The van der Waals surface area contributed by atoms with Gasteiger partial charge in [0.25, 0.3) is 11.4 Å². The quantitative estimate of drug-likeness (QED) is 0.428. The van der Waals surface area contributed by atoms with Crippen molar-refractivity contribution in [1.29, 1.82) is 0 Å². The number of amides is 1. The molecule has 2 aliphatic rings. The predicted molar refractivity (Wildman–Crippen MR) is 118 cm³/mol. The molecule has 10 heteroatoms. The number of nitrogens with zero attached hydrogens (tertiary/aromatic N) is 3. The van der Waals surface area contributed by atoms with Gasteiger partial charge in [0.2, 0.25) is 5.91 Å². The first kappa shape index (κ1) is 22.5. The number of hydrogen-bond acceptors (Lipinski definition) is 7. The zero-order chi connectivity index (χ0) is 23.5. The van der Waals surface area contributed by atoms with Crippen molar-refractivity contribution in [2.75, 3.05) is 13.7 Å². The Balaban J connectivity index is 1.52. The van der Waals surface area contributed by atoms with Gasteiger partial charge < -0.3 is 14.4 Å². The van der Waals surface area contributed by atoms with Gasteiger partial charge in [0.1, 0.15) is 0 Å². The standard InChI is InChI=1S/C23H25N3O7/c1-32-21-9-7-15(10-22(21)33-19-4-2-3-5-19)17-11-23(27)24(14-17)13-16-6-8-18(25(28)29)12-20(16)26(30)31/h6-10,12,17,19H,2-5,11,13-14H2,1H3. The predicted octanol–water partition coefficient (Wildman–Crippen LogP) is 4.35. The van der Waals surface area contributed by atoms with Gasteiger partial charge in [-0.1, -0.05) is 6.07 Å². The van der Waals surface area contributed by atoms with Crippen LogP contribution in [-0.4, -0.2) is 40.4 Å². The van der Waals surface area contributed by atoms with Crippen LogP contribution in [0.4, 0.5) is 11.4 Å². The van der Waals surface area contributed by atoms with Gasteiger partial charge >= 0.3 is 0 Å². The Hall–Kier alpha value is -3.69. The van der Waals surface area contributed by atoms with Gasteiger partial charge in [-0.15, -0.1) is 0 Å². The number of carbonyl (C=O) groups excluding carboxylic acids is 1. The van der Waals surface area contributed by atoms with E-state index >= 15 is 0 Å². The molecule has 1 unspecified atom stereocenters. The Bertz CT molecular complexity index is 1080. The molecule has 2 aromatic rings. The normalized spacial score (nSPS) is 18.5. The molecule has 1 atom stereocenters. The molecule has 1 saturated carbocycles. The minimum Gasteiger partial charge on any atom is -0.493 e. The number of non-ortho nitro benzene ring substituents is 1. The second kappa shape index (κ2) is 9.43. The van der Waals surface area contributed by atoms with Gasteiger partial charge in [-0.25, -0.2) is 0 Å². The minimum atomic E-state index is -0.678. The number of nitro benzene ring substituents is 2. The summed E-state index contributed by atoms with van der Waals surface area (Å²) in [6.07, 6.45) is 4.75. The molecule has 0 aromatic heterocycles. The van der Waals surface area contributed by atoms with E-state index in [9.17, 15) is 25.0 Å². The second-order valence-corrected chi connectivity index (χ2v) is 8.44. The van der Waals surface area contributed by atoms with E-state index in [-0.39, 0.29) is 47.8 Å². The zero-order valence-electron chi connectivity index (χ0n) is 18.3. The summed E-state index contributed by atoms with van der Waals surface area (Å²) in [5.74, 6) is 1.10. The molecule has 0 N–H and O–H groups in total. The van der Waals surface area contributed by atoms with Crippen LogP contribution in [0.1, 0.15) is 49.1 Å². The maximum Gasteiger partial charge on any atom is 0.281 e. The molecule has 0 radical (unpaired) electrons. The summed E-state index contributed by atoms with van der Waals surface area (Å²) in [5, 5.41) is 22.4. The van der Waals surface area contributed by atoms with Crippen LogP contribution >= 0.6 is 0 Å². The van der Waals surface area contributed by atoms with Crippen LogP contribution in [0, 0.1) is 20.2 Å². The summed E-state index contributed by atoms with van der Waals surface area (Å²) in [6, 6.07) is 9.18. The Morgan fingerprint density at radius 2 is 1.79 bits per heavy atom. The Morgan fingerprint density at radius 1 is 1.03 bits per heavy atom. The number of nitro groups is 2. The van der Waals surface area contributed by atoms with E-state index in [0.717, 1.165) is 37.3 Å². The van der Waals surface area contributed by atoms with Crippen LogP contribution in [0.15, 0.2) is 36.4 Å². The highest BCUT2D eigenvalue weighted by molar-refractivity contribution is 5.80. The third kappa shape index (κ3) is 4.89. The zero-order valence-corrected chi connectivity index (χ0v) is 18.3. The monoisotopic (exact) mass is 455 g/mol. The van der Waals surface area contributed by atoms with Gasteiger partial charge in [0.15, 0.2) is 11.5 Å². The lowest BCUT2D eigenvalue weighted by molar-refractivity contribution is -0.394. The first-order valence-corrected chi connectivity index (χ1v) is 10.9. The molecule has 2 aromatic carbocycles. The largest absolute Gasteiger partial charge is 0.493 e. The fourth-order valence-electron chi connectivity index (χ4n) is 4.55. The molecule has 1 amide bonds. The highest BCUT2D eigenvalue weighted by atomic mass is 16.6. The van der Waals surface area contributed by atoms with E-state index in [0.29, 0.717) is 18.0 Å². The van der Waals surface area contributed by atoms with Crippen molar-refractivity contribution in [3.63, 3.8) is 0 Å². The van der Waals surface area contributed by atoms with Crippen molar-refractivity contribution < 1.29 is 24.1 Å². The molecule has 4 rings (SSSR count). The van der Waals surface area contributed by atoms with Crippen LogP contribution in [0.3, 0.4) is 0 Å². The number of methoxy groups -OCH3 is 1. The smallest absolute Gasteiger partial charge is 0.281 e. The SMILES string of the molecule is COc1ccc(C2CC(=O)N(Cc3ccc([N+](=O)[O-])cc3[N+](=O)[O-])C2)cc1OC1CCCC1. The van der Waals surface area contributed by atoms with Crippen LogP contribution in [0.25, 0.3) is 0 Å². The van der Waals surface area contributed by atoms with E-state index < -0.39 is 9.85 Å². The lowest BCUT2D eigenvalue weighted by atomic mass is 9.98. The van der Waals surface area contributed by atoms with Gasteiger partial charge in [0, 0.05) is 30.5 Å². The molecule has 0 spiro atoms. The summed E-state index contributed by atoms with van der Waals surface area (Å²) in [5.41, 5.74) is 0.485. The molecular formula is C23H25N3O7. The average molecular weight is 455 g/mol. The van der Waals surface area contributed by atoms with Crippen LogP contribution < -0.4 is 9.47 Å². The first-order valence-electron chi connectivity index (χ1n) is 10.9. The molecule has 33 heavy (non-hydrogen) atoms. The highest BCUT2D eigenvalue weighted by Crippen LogP contribution is 2.38. The van der Waals surface area contributed by atoms with Gasteiger partial charge in [0.05, 0.1) is 35.7 Å². The summed E-state index contributed by atoms with van der Waals surface area (Å²) in [6.45, 7) is 0.410. The summed E-state index contributed by atoms with van der Waals surface area (Å²) in [7, 11) is 1.59. The van der Waals surface area contributed by atoms with Gasteiger partial charge in [-0.2, -0.15) is 0 Å². The molecule has 174 valence electrons. The van der Waals surface area contributed by atoms with E-state index in [2.05, 4.69) is 0 Å². The number of ether oxygens (including phenoxy) is 2. The fourth-order valence-corrected chi connectivity index (χ4v) is 4.55. The molecule has 0 bridgehead atoms. The molecule has 1 saturated heterocycles. The van der Waals surface area contributed by atoms with Crippen LogP contribution in [-0.2, 0) is 11.3 Å². The summed E-state index contributed by atoms with van der Waals surface area (Å²) in [4.78, 5) is 35.3. The first-order chi connectivity index (χ1) is 15.9. The number of likely N-dealkylation sites (tertiary alicyclic amines) is 1. The number of carbonyl (C=O) groups is 1. The molecule has 1 aliphatic carbocycles. The highest BCUT2D eigenvalue weighted by Gasteiger charge is 2.33. The van der Waals surface area contributed by atoms with E-state index in [4.69, 9.17) is 9.47 Å². The molecule has 10 nitrogen and oxygen atoms in total. The number of rotatable bonds is 8. The lowest BCUT2D eigenvalue weighted by Crippen LogP contribution is -2.25. The summed E-state index contributed by atoms with van der Waals surface area (Å²) < 4.78 is 11.6. The minimum absolute atomic E-state index is 0.0191. The summed E-state index contributed by atoms with van der Waals surface area (Å²) >= 11 is 0. The number of benzene rings is 2. The third-order valence-electron chi connectivity index (χ3n) is 6.31. The van der Waals surface area contributed by atoms with Gasteiger partial charge in [-0.05, 0) is 49.4 Å². The van der Waals surface area contributed by atoms with Crippen molar-refractivity contribution in [1.82, 2.24) is 4.90 Å². The van der Waals surface area contributed by atoms with E-state index in [1.165, 1.54) is 12.1 Å². The number of hydrogen-bond donors (Lipinski definition) is 0. The Kier molecular flexibility index (Phi) is 6.43. The average Bonchev–Trinajstić information content (AvgIpc) is 3.43. The van der Waals surface area contributed by atoms with Crippen molar-refractivity contribution in [2.24, 2.45) is 0 Å². The maximum atomic E-state index is 12.7. The fraction of sp³-hybridized carbons (Fsp3) is 0.435. The second-order valence-electron chi connectivity index (χ2n) is 8.44. The molecule has 1 heterocycles. The molecule has 1 aliphatic heterocycles. The van der Waals surface area contributed by atoms with Crippen LogP contribution in [0.2, 0.25) is 0 Å².